The van der Waals surface area contributed by atoms with E-state index < -0.39 is 0 Å². The zero-order chi connectivity index (χ0) is 10.8. The molecule has 80 valence electrons. The third-order valence-electron chi connectivity index (χ3n) is 2.43. The highest BCUT2D eigenvalue weighted by Crippen LogP contribution is 2.24. The average Bonchev–Trinajstić information content (AvgIpc) is 2.61. The van der Waals surface area contributed by atoms with E-state index in [1.54, 1.807) is 11.8 Å². The molecule has 0 saturated carbocycles. The number of aromatic nitrogens is 3. The molecule has 4 heteroatoms. The van der Waals surface area contributed by atoms with Crippen LogP contribution in [0, 0.1) is 0 Å². The summed E-state index contributed by atoms with van der Waals surface area (Å²) in [5, 5.41) is 5.50. The molecule has 0 radical (unpaired) electrons. The van der Waals surface area contributed by atoms with E-state index in [-0.39, 0.29) is 0 Å². The number of pyridine rings is 1. The van der Waals surface area contributed by atoms with E-state index in [0.717, 1.165) is 23.7 Å². The molecule has 4 nitrogen and oxygen atoms in total. The fourth-order valence-corrected chi connectivity index (χ4v) is 1.77. The summed E-state index contributed by atoms with van der Waals surface area (Å²) in [7, 11) is 3.53. The van der Waals surface area contributed by atoms with Crippen LogP contribution < -0.4 is 4.74 Å². The molecule has 2 aromatic rings. The topological polar surface area (TPSA) is 39.9 Å². The Morgan fingerprint density at radius 1 is 1.47 bits per heavy atom. The van der Waals surface area contributed by atoms with Crippen molar-refractivity contribution in [1.29, 1.82) is 0 Å². The first-order chi connectivity index (χ1) is 7.26. The van der Waals surface area contributed by atoms with Crippen molar-refractivity contribution in [3.8, 4) is 5.88 Å². The number of methoxy groups -OCH3 is 1. The van der Waals surface area contributed by atoms with Crippen molar-refractivity contribution < 1.29 is 4.74 Å². The number of ether oxygens (including phenoxy) is 1. The van der Waals surface area contributed by atoms with Crippen LogP contribution in [0.3, 0.4) is 0 Å². The summed E-state index contributed by atoms with van der Waals surface area (Å²) >= 11 is 0. The van der Waals surface area contributed by atoms with Gasteiger partial charge < -0.3 is 4.74 Å². The van der Waals surface area contributed by atoms with Crippen LogP contribution in [0.25, 0.3) is 10.9 Å². The van der Waals surface area contributed by atoms with Gasteiger partial charge in [0.15, 0.2) is 5.52 Å². The number of hydrogen-bond acceptors (Lipinski definition) is 3. The van der Waals surface area contributed by atoms with Crippen molar-refractivity contribution in [3.05, 3.63) is 18.0 Å². The van der Waals surface area contributed by atoms with Crippen LogP contribution in [0.1, 0.15) is 18.9 Å². The third-order valence-corrected chi connectivity index (χ3v) is 2.43. The molecule has 0 aliphatic heterocycles. The second-order valence-electron chi connectivity index (χ2n) is 3.61. The Morgan fingerprint density at radius 2 is 2.27 bits per heavy atom. The number of nitrogens with zero attached hydrogens (tertiary/aromatic N) is 3. The van der Waals surface area contributed by atoms with Gasteiger partial charge in [0.1, 0.15) is 0 Å². The van der Waals surface area contributed by atoms with Gasteiger partial charge in [-0.2, -0.15) is 5.10 Å². The lowest BCUT2D eigenvalue weighted by molar-refractivity contribution is 0.402. The zero-order valence-corrected chi connectivity index (χ0v) is 9.32. The van der Waals surface area contributed by atoms with Crippen molar-refractivity contribution in [2.24, 2.45) is 7.05 Å². The molecule has 2 aromatic heterocycles. The predicted molar refractivity (Wildman–Crippen MR) is 59.1 cm³/mol. The lowest BCUT2D eigenvalue weighted by Gasteiger charge is -2.03. The summed E-state index contributed by atoms with van der Waals surface area (Å²) < 4.78 is 6.99. The molecule has 0 saturated heterocycles. The maximum absolute atomic E-state index is 5.19. The molecule has 0 amide bonds. The Hall–Kier alpha value is -1.58. The van der Waals surface area contributed by atoms with Crippen molar-refractivity contribution in [2.75, 3.05) is 7.11 Å². The van der Waals surface area contributed by atoms with Crippen LogP contribution in [0.15, 0.2) is 12.4 Å². The number of hydrogen-bond donors (Lipinski definition) is 0. The van der Waals surface area contributed by atoms with Crippen LogP contribution in [-0.2, 0) is 13.5 Å². The third kappa shape index (κ3) is 1.67. The highest BCUT2D eigenvalue weighted by Gasteiger charge is 2.10. The first kappa shape index (κ1) is 9.96. The average molecular weight is 205 g/mol. The van der Waals surface area contributed by atoms with E-state index in [4.69, 9.17) is 4.74 Å². The maximum Gasteiger partial charge on any atom is 0.242 e. The highest BCUT2D eigenvalue weighted by molar-refractivity contribution is 5.85. The molecular formula is C11H15N3O. The summed E-state index contributed by atoms with van der Waals surface area (Å²) in [6, 6.07) is 0. The van der Waals surface area contributed by atoms with E-state index >= 15 is 0 Å². The fraction of sp³-hybridized carbons (Fsp3) is 0.455. The van der Waals surface area contributed by atoms with Crippen molar-refractivity contribution >= 4 is 10.9 Å². The van der Waals surface area contributed by atoms with Crippen molar-refractivity contribution in [3.63, 3.8) is 0 Å². The van der Waals surface area contributed by atoms with E-state index in [2.05, 4.69) is 17.0 Å². The lowest BCUT2D eigenvalue weighted by atomic mass is 10.1. The predicted octanol–water partition coefficient (Wildman–Crippen LogP) is 1.93. The quantitative estimate of drug-likeness (QED) is 0.768. The molecule has 15 heavy (non-hydrogen) atoms. The number of aryl methyl sites for hydroxylation is 2. The van der Waals surface area contributed by atoms with E-state index in [1.807, 2.05) is 19.4 Å². The van der Waals surface area contributed by atoms with Crippen LogP contribution in [-0.4, -0.2) is 21.9 Å². The highest BCUT2D eigenvalue weighted by atomic mass is 16.5. The van der Waals surface area contributed by atoms with Gasteiger partial charge in [-0.25, -0.2) is 4.98 Å². The Labute approximate surface area is 88.9 Å². The van der Waals surface area contributed by atoms with Crippen molar-refractivity contribution in [1.82, 2.24) is 14.8 Å². The van der Waals surface area contributed by atoms with E-state index in [0.29, 0.717) is 5.88 Å². The molecule has 0 bridgehead atoms. The molecule has 0 atom stereocenters. The SMILES string of the molecule is CCCc1cnc(OC)c2nn(C)cc12. The minimum Gasteiger partial charge on any atom is -0.479 e. The van der Waals surface area contributed by atoms with Gasteiger partial charge in [0.05, 0.1) is 7.11 Å². The van der Waals surface area contributed by atoms with E-state index in [9.17, 15) is 0 Å². The summed E-state index contributed by atoms with van der Waals surface area (Å²) in [6.07, 6.45) is 6.04. The van der Waals surface area contributed by atoms with Crippen LogP contribution in [0.5, 0.6) is 5.88 Å². The Bertz CT molecular complexity index is 476. The van der Waals surface area contributed by atoms with Gasteiger partial charge in [-0.3, -0.25) is 4.68 Å². The first-order valence-corrected chi connectivity index (χ1v) is 5.11. The smallest absolute Gasteiger partial charge is 0.242 e. The molecule has 0 aliphatic carbocycles. The maximum atomic E-state index is 5.19. The standard InChI is InChI=1S/C11H15N3O/c1-4-5-8-6-12-11(15-3)10-9(8)7-14(2)13-10/h6-7H,4-5H2,1-3H3. The Kier molecular flexibility index (Phi) is 2.58. The molecule has 2 heterocycles. The first-order valence-electron chi connectivity index (χ1n) is 5.11. The van der Waals surface area contributed by atoms with Gasteiger partial charge in [0.2, 0.25) is 5.88 Å². The Balaban J connectivity index is 2.65. The molecule has 0 spiro atoms. The number of fused-ring (bicyclic) bond motifs is 1. The van der Waals surface area contributed by atoms with Gasteiger partial charge in [-0.1, -0.05) is 13.3 Å². The van der Waals surface area contributed by atoms with E-state index in [1.165, 1.54) is 5.56 Å². The minimum atomic E-state index is 0.602. The molecular weight excluding hydrogens is 190 g/mol. The molecule has 2 rings (SSSR count). The largest absolute Gasteiger partial charge is 0.479 e. The normalized spacial score (nSPS) is 10.9. The van der Waals surface area contributed by atoms with Gasteiger partial charge in [0.25, 0.3) is 0 Å². The molecule has 0 aliphatic rings. The van der Waals surface area contributed by atoms with Gasteiger partial charge in [-0.05, 0) is 12.0 Å². The van der Waals surface area contributed by atoms with Gasteiger partial charge in [0, 0.05) is 24.8 Å². The second kappa shape index (κ2) is 3.88. The number of rotatable bonds is 3. The summed E-state index contributed by atoms with van der Waals surface area (Å²) in [6.45, 7) is 2.16. The van der Waals surface area contributed by atoms with Crippen molar-refractivity contribution in [2.45, 2.75) is 19.8 Å². The molecule has 0 fully saturated rings. The second-order valence-corrected chi connectivity index (χ2v) is 3.61. The van der Waals surface area contributed by atoms with Gasteiger partial charge in [-0.15, -0.1) is 0 Å². The lowest BCUT2D eigenvalue weighted by Crippen LogP contribution is -1.93. The fourth-order valence-electron chi connectivity index (χ4n) is 1.77. The van der Waals surface area contributed by atoms with Crippen LogP contribution in [0.2, 0.25) is 0 Å². The monoisotopic (exact) mass is 205 g/mol. The summed E-state index contributed by atoms with van der Waals surface area (Å²) in [5.74, 6) is 0.602. The molecule has 0 aromatic carbocycles. The van der Waals surface area contributed by atoms with Crippen LogP contribution in [0.4, 0.5) is 0 Å². The molecule has 0 N–H and O–H groups in total. The minimum absolute atomic E-state index is 0.602. The summed E-state index contributed by atoms with van der Waals surface area (Å²) in [5.41, 5.74) is 2.09. The van der Waals surface area contributed by atoms with Crippen LogP contribution >= 0.6 is 0 Å². The Morgan fingerprint density at radius 3 is 2.93 bits per heavy atom. The zero-order valence-electron chi connectivity index (χ0n) is 9.32. The molecule has 0 unspecified atom stereocenters. The summed E-state index contributed by atoms with van der Waals surface area (Å²) in [4.78, 5) is 4.26. The van der Waals surface area contributed by atoms with Gasteiger partial charge >= 0.3 is 0 Å².